The number of amides is 1. The molecule has 3 aromatic carbocycles. The van der Waals surface area contributed by atoms with E-state index in [0.717, 1.165) is 62.5 Å². The summed E-state index contributed by atoms with van der Waals surface area (Å²) in [5, 5.41) is 1.43. The highest BCUT2D eigenvalue weighted by molar-refractivity contribution is 9.10. The van der Waals surface area contributed by atoms with Crippen LogP contribution in [0.15, 0.2) is 70.0 Å². The van der Waals surface area contributed by atoms with Crippen molar-refractivity contribution in [2.75, 3.05) is 6.54 Å². The molecule has 3 fully saturated rings. The first-order valence-corrected chi connectivity index (χ1v) is 17.9. The van der Waals surface area contributed by atoms with Crippen molar-refractivity contribution in [2.24, 2.45) is 5.92 Å². The van der Waals surface area contributed by atoms with Crippen molar-refractivity contribution >= 4 is 42.6 Å². The lowest BCUT2D eigenvalue weighted by molar-refractivity contribution is -0.156. The van der Waals surface area contributed by atoms with Crippen LogP contribution in [0.1, 0.15) is 70.8 Å². The minimum atomic E-state index is -4.51. The zero-order chi connectivity index (χ0) is 31.2. The number of fused-ring (bicyclic) bond motifs is 3. The summed E-state index contributed by atoms with van der Waals surface area (Å²) in [6.07, 6.45) is 7.47. The molecule has 0 radical (unpaired) electrons. The fourth-order valence-electron chi connectivity index (χ4n) is 7.50. The number of carbonyl (C=O) groups is 1. The Kier molecular flexibility index (Phi) is 8.80. The van der Waals surface area contributed by atoms with Gasteiger partial charge in [0.1, 0.15) is 5.75 Å². The molecule has 1 saturated carbocycles. The number of ether oxygens (including phenoxy) is 1. The molecule has 0 aromatic heterocycles. The molecule has 236 valence electrons. The summed E-state index contributed by atoms with van der Waals surface area (Å²) in [6.45, 7) is 3.33. The highest BCUT2D eigenvalue weighted by Crippen LogP contribution is 2.44. The van der Waals surface area contributed by atoms with Crippen LogP contribution in [0.2, 0.25) is 0 Å². The van der Waals surface area contributed by atoms with E-state index < -0.39 is 33.5 Å². The van der Waals surface area contributed by atoms with Crippen LogP contribution in [0.3, 0.4) is 0 Å². The van der Waals surface area contributed by atoms with Gasteiger partial charge in [0.15, 0.2) is 6.04 Å². The van der Waals surface area contributed by atoms with Crippen LogP contribution >= 0.6 is 15.9 Å². The molecular formula is C34H39BrF2N2O4S. The average molecular weight is 690 g/mol. The van der Waals surface area contributed by atoms with Crippen molar-refractivity contribution < 1.29 is 26.7 Å². The Bertz CT molecular complexity index is 1610. The zero-order valence-electron chi connectivity index (χ0n) is 25.1. The third-order valence-corrected chi connectivity index (χ3v) is 12.1. The maximum atomic E-state index is 16.7. The van der Waals surface area contributed by atoms with Crippen molar-refractivity contribution in [2.45, 2.75) is 100 Å². The highest BCUT2D eigenvalue weighted by atomic mass is 79.9. The van der Waals surface area contributed by atoms with Crippen LogP contribution in [0.25, 0.3) is 10.8 Å². The van der Waals surface area contributed by atoms with E-state index in [1.54, 1.807) is 17.0 Å². The van der Waals surface area contributed by atoms with Gasteiger partial charge in [0.2, 0.25) is 15.9 Å². The zero-order valence-corrected chi connectivity index (χ0v) is 27.5. The van der Waals surface area contributed by atoms with Gasteiger partial charge in [-0.25, -0.2) is 8.42 Å². The Morgan fingerprint density at radius 2 is 1.59 bits per heavy atom. The maximum Gasteiger partial charge on any atom is 0.298 e. The molecular weight excluding hydrogens is 650 g/mol. The molecule has 6 nitrogen and oxygen atoms in total. The minimum Gasteiger partial charge on any atom is -0.490 e. The summed E-state index contributed by atoms with van der Waals surface area (Å²) in [4.78, 5) is 15.8. The Balaban J connectivity index is 1.38. The molecule has 44 heavy (non-hydrogen) atoms. The van der Waals surface area contributed by atoms with Crippen molar-refractivity contribution in [3.05, 3.63) is 70.7 Å². The molecule has 1 aliphatic carbocycles. The van der Waals surface area contributed by atoms with Crippen LogP contribution in [-0.4, -0.2) is 54.3 Å². The lowest BCUT2D eigenvalue weighted by Crippen LogP contribution is -2.61. The van der Waals surface area contributed by atoms with Crippen LogP contribution in [-0.2, 0) is 20.7 Å². The van der Waals surface area contributed by atoms with Gasteiger partial charge in [0, 0.05) is 28.7 Å². The van der Waals surface area contributed by atoms with Crippen LogP contribution in [0.4, 0.5) is 8.78 Å². The first-order chi connectivity index (χ1) is 21.0. The SMILES string of the molecule is CCN(C(C(=O)N1C2CCC1CC(C)C2)C(F)(F)c1ccc(Br)cc1)S(=O)(=O)c1ccc2cc(OC3CCCC3)ccc2c1. The topological polar surface area (TPSA) is 66.9 Å². The van der Waals surface area contributed by atoms with E-state index in [1.165, 1.54) is 43.3 Å². The van der Waals surface area contributed by atoms with Gasteiger partial charge in [-0.05, 0) is 104 Å². The predicted molar refractivity (Wildman–Crippen MR) is 170 cm³/mol. The lowest BCUT2D eigenvalue weighted by Gasteiger charge is -2.43. The van der Waals surface area contributed by atoms with Crippen LogP contribution in [0, 0.1) is 5.92 Å². The molecule has 10 heteroatoms. The van der Waals surface area contributed by atoms with Gasteiger partial charge < -0.3 is 9.64 Å². The van der Waals surface area contributed by atoms with Gasteiger partial charge >= 0.3 is 0 Å². The Hall–Kier alpha value is -2.56. The number of carbonyl (C=O) groups excluding carboxylic acids is 1. The molecule has 3 atom stereocenters. The second kappa shape index (κ2) is 12.3. The Morgan fingerprint density at radius 3 is 2.23 bits per heavy atom. The molecule has 3 aromatic rings. The Labute approximate surface area is 266 Å². The van der Waals surface area contributed by atoms with E-state index in [2.05, 4.69) is 22.9 Å². The first-order valence-electron chi connectivity index (χ1n) is 15.7. The van der Waals surface area contributed by atoms with E-state index >= 15 is 8.78 Å². The molecule has 6 rings (SSSR count). The third kappa shape index (κ3) is 5.89. The molecule has 2 heterocycles. The monoisotopic (exact) mass is 688 g/mol. The van der Waals surface area contributed by atoms with Crippen molar-refractivity contribution in [1.29, 1.82) is 0 Å². The number of hydrogen-bond donors (Lipinski definition) is 0. The van der Waals surface area contributed by atoms with Crippen LogP contribution < -0.4 is 4.74 Å². The summed E-state index contributed by atoms with van der Waals surface area (Å²) >= 11 is 3.29. The predicted octanol–water partition coefficient (Wildman–Crippen LogP) is 7.88. The van der Waals surface area contributed by atoms with E-state index in [9.17, 15) is 13.2 Å². The van der Waals surface area contributed by atoms with Gasteiger partial charge in [-0.3, -0.25) is 4.79 Å². The molecule has 2 bridgehead atoms. The number of alkyl halides is 2. The molecule has 3 unspecified atom stereocenters. The summed E-state index contributed by atoms with van der Waals surface area (Å²) in [6, 6.07) is 13.0. The van der Waals surface area contributed by atoms with E-state index in [-0.39, 0.29) is 29.6 Å². The second-order valence-corrected chi connectivity index (χ2v) is 15.4. The first kappa shape index (κ1) is 31.4. The summed E-state index contributed by atoms with van der Waals surface area (Å²) < 4.78 is 69.4. The van der Waals surface area contributed by atoms with E-state index in [4.69, 9.17) is 4.74 Å². The van der Waals surface area contributed by atoms with Crippen LogP contribution in [0.5, 0.6) is 5.75 Å². The van der Waals surface area contributed by atoms with Crippen molar-refractivity contribution in [1.82, 2.24) is 9.21 Å². The van der Waals surface area contributed by atoms with Gasteiger partial charge in [-0.1, -0.05) is 54.0 Å². The van der Waals surface area contributed by atoms with E-state index in [0.29, 0.717) is 20.1 Å². The number of rotatable bonds is 9. The third-order valence-electron chi connectivity index (χ3n) is 9.62. The summed E-state index contributed by atoms with van der Waals surface area (Å²) in [5.41, 5.74) is -0.404. The number of benzene rings is 3. The number of halogens is 3. The van der Waals surface area contributed by atoms with Crippen molar-refractivity contribution in [3.8, 4) is 5.75 Å². The number of piperidine rings is 1. The van der Waals surface area contributed by atoms with Gasteiger partial charge in [-0.2, -0.15) is 13.1 Å². The fraction of sp³-hybridized carbons (Fsp3) is 0.500. The van der Waals surface area contributed by atoms with Gasteiger partial charge in [0.25, 0.3) is 5.92 Å². The molecule has 2 saturated heterocycles. The normalized spacial score (nSPS) is 23.4. The number of likely N-dealkylation sites (N-methyl/N-ethyl adjacent to an activating group) is 1. The van der Waals surface area contributed by atoms with E-state index in [1.807, 2.05) is 12.1 Å². The standard InChI is InChI=1S/C34H39BrF2N2O4S/c1-3-38(44(41,42)31-17-9-23-20-30(16-8-24(23)21-31)43-29-6-4-5-7-29)32(34(36,37)25-10-12-26(35)13-11-25)33(40)39-27-14-15-28(39)19-22(2)18-27/h8-13,16-17,20-22,27-29,32H,3-7,14-15,18-19H2,1-2H3. The lowest BCUT2D eigenvalue weighted by atomic mass is 9.90. The number of nitrogens with zero attached hydrogens (tertiary/aromatic N) is 2. The molecule has 1 amide bonds. The largest absolute Gasteiger partial charge is 0.490 e. The smallest absolute Gasteiger partial charge is 0.298 e. The number of sulfonamides is 1. The molecule has 3 aliphatic rings. The average Bonchev–Trinajstić information content (AvgIpc) is 3.60. The second-order valence-electron chi connectivity index (χ2n) is 12.6. The Morgan fingerprint density at radius 1 is 0.977 bits per heavy atom. The molecule has 2 aliphatic heterocycles. The summed E-state index contributed by atoms with van der Waals surface area (Å²) in [7, 11) is -4.51. The maximum absolute atomic E-state index is 16.7. The van der Waals surface area contributed by atoms with Gasteiger partial charge in [-0.15, -0.1) is 0 Å². The van der Waals surface area contributed by atoms with Gasteiger partial charge in [0.05, 0.1) is 11.0 Å². The molecule has 0 N–H and O–H groups in total. The quantitative estimate of drug-likeness (QED) is 0.229. The number of hydrogen-bond acceptors (Lipinski definition) is 4. The minimum absolute atomic E-state index is 0.129. The molecule has 0 spiro atoms. The highest BCUT2D eigenvalue weighted by Gasteiger charge is 2.56. The summed E-state index contributed by atoms with van der Waals surface area (Å²) in [5.74, 6) is -3.50. The van der Waals surface area contributed by atoms with Crippen molar-refractivity contribution in [3.63, 3.8) is 0 Å². The fourth-order valence-corrected chi connectivity index (χ4v) is 9.39.